The summed E-state index contributed by atoms with van der Waals surface area (Å²) in [5.41, 5.74) is 3.29. The molecular formula is C25H34N6O3. The predicted octanol–water partition coefficient (Wildman–Crippen LogP) is 2.56. The van der Waals surface area contributed by atoms with Gasteiger partial charge in [0, 0.05) is 43.3 Å². The van der Waals surface area contributed by atoms with Crippen molar-refractivity contribution in [3.8, 4) is 28.4 Å². The monoisotopic (exact) mass is 466 g/mol. The van der Waals surface area contributed by atoms with Gasteiger partial charge in [-0.15, -0.1) is 0 Å². The second-order valence-corrected chi connectivity index (χ2v) is 9.42. The molecule has 0 spiro atoms. The third-order valence-electron chi connectivity index (χ3n) is 5.87. The molecule has 9 nitrogen and oxygen atoms in total. The lowest BCUT2D eigenvalue weighted by molar-refractivity contribution is 0.108. The summed E-state index contributed by atoms with van der Waals surface area (Å²) in [6, 6.07) is 9.67. The molecule has 1 fully saturated rings. The van der Waals surface area contributed by atoms with Gasteiger partial charge in [0.25, 0.3) is 0 Å². The number of hydrogen-bond donors (Lipinski definition) is 3. The van der Waals surface area contributed by atoms with Crippen LogP contribution < -0.4 is 20.3 Å². The first kappa shape index (κ1) is 24.1. The largest absolute Gasteiger partial charge is 0.491 e. The summed E-state index contributed by atoms with van der Waals surface area (Å²) in [5, 5.41) is 20.6. The van der Waals surface area contributed by atoms with Crippen LogP contribution in [0.2, 0.25) is 0 Å². The van der Waals surface area contributed by atoms with Crippen LogP contribution in [0.25, 0.3) is 22.6 Å². The number of likely N-dealkylation sites (N-methyl/N-ethyl adjacent to an activating group) is 1. The van der Waals surface area contributed by atoms with E-state index in [1.165, 1.54) is 0 Å². The fourth-order valence-corrected chi connectivity index (χ4v) is 4.25. The second-order valence-electron chi connectivity index (χ2n) is 9.42. The topological polar surface area (TPSA) is 109 Å². The van der Waals surface area contributed by atoms with Crippen LogP contribution in [0, 0.1) is 13.8 Å². The molecule has 0 bridgehead atoms. The first-order chi connectivity index (χ1) is 16.3. The number of hydrogen-bond acceptors (Lipinski definition) is 9. The molecule has 1 saturated heterocycles. The molecule has 1 aliphatic heterocycles. The maximum atomic E-state index is 9.98. The Labute approximate surface area is 200 Å². The molecule has 9 heteroatoms. The van der Waals surface area contributed by atoms with Crippen molar-refractivity contribution in [1.82, 2.24) is 25.8 Å². The molecule has 3 heterocycles. The van der Waals surface area contributed by atoms with E-state index in [0.29, 0.717) is 18.1 Å². The number of piperazine rings is 1. The molecule has 0 aliphatic carbocycles. The van der Waals surface area contributed by atoms with Crippen LogP contribution >= 0.6 is 0 Å². The van der Waals surface area contributed by atoms with E-state index in [9.17, 15) is 5.11 Å². The molecule has 1 aromatic carbocycles. The predicted molar refractivity (Wildman–Crippen MR) is 132 cm³/mol. The van der Waals surface area contributed by atoms with Crippen LogP contribution in [0.1, 0.15) is 25.3 Å². The average molecular weight is 467 g/mol. The summed E-state index contributed by atoms with van der Waals surface area (Å²) in [6.45, 7) is 11.4. The van der Waals surface area contributed by atoms with Gasteiger partial charge in [-0.3, -0.25) is 0 Å². The van der Waals surface area contributed by atoms with Gasteiger partial charge >= 0.3 is 0 Å². The number of aryl methyl sites for hydroxylation is 2. The van der Waals surface area contributed by atoms with E-state index >= 15 is 0 Å². The molecule has 4 rings (SSSR count). The molecule has 3 aromatic rings. The molecule has 34 heavy (non-hydrogen) atoms. The van der Waals surface area contributed by atoms with Gasteiger partial charge in [-0.2, -0.15) is 0 Å². The van der Waals surface area contributed by atoms with Gasteiger partial charge < -0.3 is 29.9 Å². The summed E-state index contributed by atoms with van der Waals surface area (Å²) in [5.74, 6) is 2.85. The molecule has 182 valence electrons. The van der Waals surface area contributed by atoms with Crippen LogP contribution in [0.5, 0.6) is 5.75 Å². The summed E-state index contributed by atoms with van der Waals surface area (Å²) >= 11 is 0. The Morgan fingerprint density at radius 2 is 2.09 bits per heavy atom. The third-order valence-corrected chi connectivity index (χ3v) is 5.87. The number of aliphatic hydroxyl groups excluding tert-OH is 1. The summed E-state index contributed by atoms with van der Waals surface area (Å²) in [7, 11) is 1.80. The van der Waals surface area contributed by atoms with Gasteiger partial charge in [0.15, 0.2) is 5.82 Å². The number of rotatable bonds is 8. The van der Waals surface area contributed by atoms with Crippen molar-refractivity contribution in [2.45, 2.75) is 39.3 Å². The Morgan fingerprint density at radius 3 is 2.79 bits per heavy atom. The molecule has 1 aliphatic rings. The molecule has 1 unspecified atom stereocenters. The Morgan fingerprint density at radius 1 is 1.26 bits per heavy atom. The van der Waals surface area contributed by atoms with Crippen molar-refractivity contribution in [3.05, 3.63) is 41.8 Å². The van der Waals surface area contributed by atoms with Gasteiger partial charge in [-0.05, 0) is 46.9 Å². The van der Waals surface area contributed by atoms with Crippen molar-refractivity contribution >= 4 is 5.82 Å². The summed E-state index contributed by atoms with van der Waals surface area (Å²) in [6.07, 6.45) is -0.588. The molecule has 3 N–H and O–H groups in total. The molecule has 2 aromatic heterocycles. The highest BCUT2D eigenvalue weighted by atomic mass is 16.5. The maximum absolute atomic E-state index is 9.98. The van der Waals surface area contributed by atoms with E-state index in [-0.39, 0.29) is 12.1 Å². The Kier molecular flexibility index (Phi) is 7.16. The zero-order valence-electron chi connectivity index (χ0n) is 20.6. The zero-order valence-corrected chi connectivity index (χ0v) is 20.6. The van der Waals surface area contributed by atoms with Crippen molar-refractivity contribution in [3.63, 3.8) is 0 Å². The highest BCUT2D eigenvalue weighted by molar-refractivity contribution is 5.71. The lowest BCUT2D eigenvalue weighted by Crippen LogP contribution is -2.57. The molecule has 0 amide bonds. The minimum Gasteiger partial charge on any atom is -0.491 e. The minimum atomic E-state index is -0.588. The molecular weight excluding hydrogens is 432 g/mol. The van der Waals surface area contributed by atoms with Crippen LogP contribution in [0.4, 0.5) is 5.82 Å². The highest BCUT2D eigenvalue weighted by Gasteiger charge is 2.28. The molecule has 0 saturated carbocycles. The van der Waals surface area contributed by atoms with Gasteiger partial charge in [-0.1, -0.05) is 17.3 Å². The summed E-state index contributed by atoms with van der Waals surface area (Å²) in [4.78, 5) is 12.1. The first-order valence-corrected chi connectivity index (χ1v) is 11.6. The van der Waals surface area contributed by atoms with E-state index in [0.717, 1.165) is 53.7 Å². The van der Waals surface area contributed by atoms with Crippen LogP contribution in [-0.4, -0.2) is 71.7 Å². The van der Waals surface area contributed by atoms with Gasteiger partial charge in [-0.25, -0.2) is 9.97 Å². The molecule has 1 atom stereocenters. The Balaban J connectivity index is 1.72. The lowest BCUT2D eigenvalue weighted by Gasteiger charge is -2.39. The molecule has 0 radical (unpaired) electrons. The normalized spacial score (nSPS) is 16.5. The zero-order chi connectivity index (χ0) is 24.3. The van der Waals surface area contributed by atoms with Crippen LogP contribution in [0.3, 0.4) is 0 Å². The lowest BCUT2D eigenvalue weighted by atomic mass is 10.0. The quantitative estimate of drug-likeness (QED) is 0.461. The van der Waals surface area contributed by atoms with Gasteiger partial charge in [0.1, 0.15) is 30.0 Å². The van der Waals surface area contributed by atoms with E-state index in [1.807, 2.05) is 44.2 Å². The Bertz CT molecular complexity index is 1110. The average Bonchev–Trinajstić information content (AvgIpc) is 3.15. The number of aliphatic hydroxyl groups is 1. The second kappa shape index (κ2) is 10.1. The third kappa shape index (κ3) is 5.55. The van der Waals surface area contributed by atoms with Crippen molar-refractivity contribution in [2.75, 3.05) is 44.7 Å². The van der Waals surface area contributed by atoms with E-state index < -0.39 is 6.10 Å². The van der Waals surface area contributed by atoms with Gasteiger partial charge in [0.2, 0.25) is 0 Å². The van der Waals surface area contributed by atoms with Gasteiger partial charge in [0.05, 0.1) is 17.0 Å². The first-order valence-electron chi connectivity index (χ1n) is 11.6. The standard InChI is InChI=1S/C25H34N6O3/c1-16-23(17(2)34-30-16)21-12-22(31-10-9-27-25(3,4)15-31)29-24(28-21)18-7-6-8-20(11-18)33-14-19(32)13-26-5/h6-8,11-12,19,26-27,32H,9-10,13-15H2,1-5H3. The number of aromatic nitrogens is 3. The minimum absolute atomic E-state index is 0.0194. The SMILES string of the molecule is CNCC(O)COc1cccc(-c2nc(-c3c(C)noc3C)cc(N3CCNC(C)(C)C3)n2)c1. The van der Waals surface area contributed by atoms with E-state index in [4.69, 9.17) is 19.2 Å². The maximum Gasteiger partial charge on any atom is 0.162 e. The number of ether oxygens (including phenoxy) is 1. The Hall–Kier alpha value is -3.01. The van der Waals surface area contributed by atoms with E-state index in [1.54, 1.807) is 7.05 Å². The fourth-order valence-electron chi connectivity index (χ4n) is 4.25. The number of anilines is 1. The number of benzene rings is 1. The fraction of sp³-hybridized carbons (Fsp3) is 0.480. The smallest absolute Gasteiger partial charge is 0.162 e. The van der Waals surface area contributed by atoms with Crippen LogP contribution in [-0.2, 0) is 0 Å². The van der Waals surface area contributed by atoms with Crippen molar-refractivity contribution < 1.29 is 14.4 Å². The van der Waals surface area contributed by atoms with Crippen LogP contribution in [0.15, 0.2) is 34.9 Å². The highest BCUT2D eigenvalue weighted by Crippen LogP contribution is 2.32. The van der Waals surface area contributed by atoms with E-state index in [2.05, 4.69) is 34.5 Å². The number of nitrogens with one attached hydrogen (secondary N) is 2. The van der Waals surface area contributed by atoms with Crippen molar-refractivity contribution in [1.29, 1.82) is 0 Å². The number of nitrogens with zero attached hydrogens (tertiary/aromatic N) is 4. The summed E-state index contributed by atoms with van der Waals surface area (Å²) < 4.78 is 11.2. The van der Waals surface area contributed by atoms with Crippen molar-refractivity contribution in [2.24, 2.45) is 0 Å².